The summed E-state index contributed by atoms with van der Waals surface area (Å²) in [5, 5.41) is 13.7. The molecule has 0 spiro atoms. The SMILES string of the molecule is Cn1cc(NCc2cc(C3CC3NC3CCC3)cs2)cn1. The van der Waals surface area contributed by atoms with Crippen molar-refractivity contribution in [3.63, 3.8) is 0 Å². The van der Waals surface area contributed by atoms with E-state index < -0.39 is 0 Å². The van der Waals surface area contributed by atoms with E-state index in [9.17, 15) is 0 Å². The molecule has 2 aromatic rings. The topological polar surface area (TPSA) is 41.9 Å². The van der Waals surface area contributed by atoms with Gasteiger partial charge in [-0.1, -0.05) is 6.42 Å². The minimum absolute atomic E-state index is 0.740. The zero-order chi connectivity index (χ0) is 14.2. The highest BCUT2D eigenvalue weighted by atomic mass is 32.1. The van der Waals surface area contributed by atoms with Gasteiger partial charge in [-0.3, -0.25) is 4.68 Å². The van der Waals surface area contributed by atoms with Gasteiger partial charge in [-0.15, -0.1) is 11.3 Å². The Hall–Kier alpha value is -1.33. The first-order chi connectivity index (χ1) is 10.3. The molecule has 2 unspecified atom stereocenters. The molecule has 21 heavy (non-hydrogen) atoms. The third-order valence-corrected chi connectivity index (χ3v) is 5.57. The van der Waals surface area contributed by atoms with E-state index in [0.717, 1.165) is 30.2 Å². The van der Waals surface area contributed by atoms with Crippen LogP contribution in [0, 0.1) is 0 Å². The monoisotopic (exact) mass is 302 g/mol. The van der Waals surface area contributed by atoms with Crippen molar-refractivity contribution in [3.8, 4) is 0 Å². The molecule has 4 nitrogen and oxygen atoms in total. The molecular weight excluding hydrogens is 280 g/mol. The fraction of sp³-hybridized carbons (Fsp3) is 0.562. The molecule has 2 heterocycles. The number of hydrogen-bond acceptors (Lipinski definition) is 4. The standard InChI is InChI=1S/C16H22N4S/c1-20-9-13(7-18-20)17-8-14-5-11(10-21-14)15-6-16(15)19-12-3-2-4-12/h5,7,9-10,12,15-17,19H,2-4,6,8H2,1H3. The summed E-state index contributed by atoms with van der Waals surface area (Å²) in [7, 11) is 1.94. The number of nitrogens with one attached hydrogen (secondary N) is 2. The summed E-state index contributed by atoms with van der Waals surface area (Å²) in [5.41, 5.74) is 2.61. The third-order valence-electron chi connectivity index (χ3n) is 4.62. The van der Waals surface area contributed by atoms with Crippen LogP contribution in [0.3, 0.4) is 0 Å². The average Bonchev–Trinajstić information content (AvgIpc) is 2.82. The van der Waals surface area contributed by atoms with E-state index in [4.69, 9.17) is 0 Å². The number of aromatic nitrogens is 2. The van der Waals surface area contributed by atoms with E-state index in [-0.39, 0.29) is 0 Å². The number of nitrogens with zero attached hydrogens (tertiary/aromatic N) is 2. The molecule has 112 valence electrons. The van der Waals surface area contributed by atoms with Crippen molar-refractivity contribution < 1.29 is 0 Å². The van der Waals surface area contributed by atoms with Crippen LogP contribution in [0.5, 0.6) is 0 Å². The van der Waals surface area contributed by atoms with Gasteiger partial charge in [0.1, 0.15) is 0 Å². The van der Waals surface area contributed by atoms with Gasteiger partial charge in [-0.05, 0) is 36.3 Å². The summed E-state index contributed by atoms with van der Waals surface area (Å²) in [6.45, 7) is 0.893. The fourth-order valence-corrected chi connectivity index (χ4v) is 3.90. The van der Waals surface area contributed by atoms with Crippen molar-refractivity contribution >= 4 is 17.0 Å². The number of aryl methyl sites for hydroxylation is 1. The third kappa shape index (κ3) is 2.99. The first-order valence-corrected chi connectivity index (χ1v) is 8.72. The Balaban J connectivity index is 1.29. The Morgan fingerprint density at radius 1 is 1.43 bits per heavy atom. The van der Waals surface area contributed by atoms with Gasteiger partial charge in [-0.2, -0.15) is 5.10 Å². The highest BCUT2D eigenvalue weighted by Gasteiger charge is 2.40. The predicted molar refractivity (Wildman–Crippen MR) is 86.8 cm³/mol. The molecule has 2 atom stereocenters. The maximum Gasteiger partial charge on any atom is 0.0729 e. The van der Waals surface area contributed by atoms with Gasteiger partial charge in [0.15, 0.2) is 0 Å². The number of thiophene rings is 1. The first-order valence-electron chi connectivity index (χ1n) is 7.84. The first kappa shape index (κ1) is 13.3. The Morgan fingerprint density at radius 3 is 3.05 bits per heavy atom. The van der Waals surface area contributed by atoms with Crippen LogP contribution in [-0.2, 0) is 13.6 Å². The molecule has 5 heteroatoms. The lowest BCUT2D eigenvalue weighted by atomic mass is 9.93. The Morgan fingerprint density at radius 2 is 2.33 bits per heavy atom. The molecule has 2 aromatic heterocycles. The van der Waals surface area contributed by atoms with Crippen LogP contribution in [0.15, 0.2) is 23.8 Å². The number of rotatable bonds is 6. The second kappa shape index (κ2) is 5.46. The lowest BCUT2D eigenvalue weighted by Gasteiger charge is -2.26. The van der Waals surface area contributed by atoms with Crippen molar-refractivity contribution in [2.75, 3.05) is 5.32 Å². The average molecular weight is 302 g/mol. The van der Waals surface area contributed by atoms with Gasteiger partial charge in [0.2, 0.25) is 0 Å². The van der Waals surface area contributed by atoms with Crippen LogP contribution < -0.4 is 10.6 Å². The number of hydrogen-bond donors (Lipinski definition) is 2. The maximum absolute atomic E-state index is 4.17. The minimum atomic E-state index is 0.740. The van der Waals surface area contributed by atoms with E-state index in [1.807, 2.05) is 35.5 Å². The molecule has 4 rings (SSSR count). The van der Waals surface area contributed by atoms with Crippen molar-refractivity contribution in [3.05, 3.63) is 34.3 Å². The molecule has 2 fully saturated rings. The van der Waals surface area contributed by atoms with Crippen LogP contribution in [0.4, 0.5) is 5.69 Å². The predicted octanol–water partition coefficient (Wildman–Crippen LogP) is 3.09. The lowest BCUT2D eigenvalue weighted by Crippen LogP contribution is -2.37. The molecule has 0 bridgehead atoms. The summed E-state index contributed by atoms with van der Waals surface area (Å²) in [4.78, 5) is 1.41. The lowest BCUT2D eigenvalue weighted by molar-refractivity contribution is 0.335. The highest BCUT2D eigenvalue weighted by molar-refractivity contribution is 7.10. The van der Waals surface area contributed by atoms with Gasteiger partial charge in [0, 0.05) is 42.7 Å². The maximum atomic E-state index is 4.17. The molecule has 0 amide bonds. The van der Waals surface area contributed by atoms with Crippen LogP contribution >= 0.6 is 11.3 Å². The van der Waals surface area contributed by atoms with E-state index in [0.29, 0.717) is 0 Å². The van der Waals surface area contributed by atoms with E-state index in [2.05, 4.69) is 27.2 Å². The second-order valence-electron chi connectivity index (χ2n) is 6.35. The zero-order valence-electron chi connectivity index (χ0n) is 12.4. The molecule has 2 saturated carbocycles. The van der Waals surface area contributed by atoms with Gasteiger partial charge in [0.05, 0.1) is 11.9 Å². The fourth-order valence-electron chi connectivity index (χ4n) is 3.01. The largest absolute Gasteiger partial charge is 0.378 e. The molecule has 2 aliphatic rings. The van der Waals surface area contributed by atoms with E-state index in [1.165, 1.54) is 36.1 Å². The summed E-state index contributed by atoms with van der Waals surface area (Å²) < 4.78 is 1.82. The normalized spacial score (nSPS) is 24.8. The Kier molecular flexibility index (Phi) is 3.47. The smallest absolute Gasteiger partial charge is 0.0729 e. The van der Waals surface area contributed by atoms with Crippen LogP contribution in [0.2, 0.25) is 0 Å². The van der Waals surface area contributed by atoms with Gasteiger partial charge < -0.3 is 10.6 Å². The molecule has 2 aliphatic carbocycles. The van der Waals surface area contributed by atoms with Crippen molar-refractivity contribution in [2.24, 2.45) is 7.05 Å². The second-order valence-corrected chi connectivity index (χ2v) is 7.34. The van der Waals surface area contributed by atoms with Gasteiger partial charge in [-0.25, -0.2) is 0 Å². The number of anilines is 1. The molecule has 2 N–H and O–H groups in total. The quantitative estimate of drug-likeness (QED) is 0.861. The van der Waals surface area contributed by atoms with Crippen LogP contribution in [0.1, 0.15) is 42.0 Å². The van der Waals surface area contributed by atoms with Gasteiger partial charge in [0.25, 0.3) is 0 Å². The summed E-state index contributed by atoms with van der Waals surface area (Å²) in [5.74, 6) is 0.758. The van der Waals surface area contributed by atoms with E-state index >= 15 is 0 Å². The molecular formula is C16H22N4S. The summed E-state index contributed by atoms with van der Waals surface area (Å²) >= 11 is 1.87. The van der Waals surface area contributed by atoms with Crippen molar-refractivity contribution in [1.82, 2.24) is 15.1 Å². The Bertz CT molecular complexity index is 613. The molecule has 0 aliphatic heterocycles. The van der Waals surface area contributed by atoms with Crippen molar-refractivity contribution in [2.45, 2.75) is 50.2 Å². The molecule has 0 radical (unpaired) electrons. The van der Waals surface area contributed by atoms with Crippen LogP contribution in [0.25, 0.3) is 0 Å². The summed E-state index contributed by atoms with van der Waals surface area (Å²) in [6.07, 6.45) is 9.38. The van der Waals surface area contributed by atoms with Gasteiger partial charge >= 0.3 is 0 Å². The Labute approximate surface area is 129 Å². The summed E-state index contributed by atoms with van der Waals surface area (Å²) in [6, 6.07) is 3.93. The zero-order valence-corrected chi connectivity index (χ0v) is 13.2. The highest BCUT2D eigenvalue weighted by Crippen LogP contribution is 2.43. The van der Waals surface area contributed by atoms with Crippen LogP contribution in [-0.4, -0.2) is 21.9 Å². The molecule has 0 aromatic carbocycles. The minimum Gasteiger partial charge on any atom is -0.378 e. The van der Waals surface area contributed by atoms with Crippen molar-refractivity contribution in [1.29, 1.82) is 0 Å². The molecule has 0 saturated heterocycles. The van der Waals surface area contributed by atoms with E-state index in [1.54, 1.807) is 0 Å².